The number of benzene rings is 1. The molecule has 3 N–H and O–H groups in total. The van der Waals surface area contributed by atoms with E-state index in [4.69, 9.17) is 17.4 Å². The van der Waals surface area contributed by atoms with Gasteiger partial charge in [0.2, 0.25) is 0 Å². The van der Waals surface area contributed by atoms with Gasteiger partial charge in [-0.2, -0.15) is 5.01 Å². The van der Waals surface area contributed by atoms with Gasteiger partial charge in [-0.25, -0.2) is 10.6 Å². The van der Waals surface area contributed by atoms with Crippen LogP contribution in [0.4, 0.5) is 4.79 Å². The maximum atomic E-state index is 11.4. The number of imide groups is 1. The van der Waals surface area contributed by atoms with Gasteiger partial charge in [-0.1, -0.05) is 29.8 Å². The zero-order chi connectivity index (χ0) is 11.7. The first-order valence-corrected chi connectivity index (χ1v) is 4.84. The van der Waals surface area contributed by atoms with Crippen LogP contribution in [0.1, 0.15) is 5.56 Å². The lowest BCUT2D eigenvalue weighted by molar-refractivity contribution is -0.123. The largest absolute Gasteiger partial charge is 0.343 e. The quantitative estimate of drug-likeness (QED) is 0.332. The van der Waals surface area contributed by atoms with Gasteiger partial charge in [0.05, 0.1) is 0 Å². The summed E-state index contributed by atoms with van der Waals surface area (Å²) in [5.74, 6) is 4.62. The molecule has 82 valence electrons. The average Bonchev–Trinajstić information content (AvgIpc) is 2.50. The predicted molar refractivity (Wildman–Crippen MR) is 59.0 cm³/mol. The summed E-state index contributed by atoms with van der Waals surface area (Å²) < 4.78 is 0. The van der Waals surface area contributed by atoms with Gasteiger partial charge < -0.3 is 5.32 Å². The Morgan fingerprint density at radius 2 is 2.00 bits per heavy atom. The number of halogens is 1. The molecule has 1 aliphatic heterocycles. The normalized spacial score (nSPS) is 18.1. The molecule has 5 nitrogen and oxygen atoms in total. The molecule has 1 aromatic rings. The van der Waals surface area contributed by atoms with Crippen molar-refractivity contribution in [2.24, 2.45) is 5.84 Å². The molecule has 3 amide bonds. The van der Waals surface area contributed by atoms with Crippen LogP contribution in [0.25, 0.3) is 6.08 Å². The van der Waals surface area contributed by atoms with Crippen molar-refractivity contribution in [2.75, 3.05) is 0 Å². The van der Waals surface area contributed by atoms with Gasteiger partial charge in [0.1, 0.15) is 5.70 Å². The second-order valence-electron chi connectivity index (χ2n) is 3.18. The third-order valence-corrected chi connectivity index (χ3v) is 2.46. The predicted octanol–water partition coefficient (Wildman–Crippen LogP) is 1.11. The van der Waals surface area contributed by atoms with Gasteiger partial charge >= 0.3 is 6.03 Å². The summed E-state index contributed by atoms with van der Waals surface area (Å²) >= 11 is 5.91. The van der Waals surface area contributed by atoms with E-state index < -0.39 is 11.9 Å². The first-order valence-electron chi connectivity index (χ1n) is 4.46. The molecule has 1 aromatic carbocycles. The van der Waals surface area contributed by atoms with E-state index in [2.05, 4.69) is 5.32 Å². The Hall–Kier alpha value is -1.85. The molecular weight excluding hydrogens is 230 g/mol. The minimum atomic E-state index is -0.650. The zero-order valence-electron chi connectivity index (χ0n) is 8.11. The number of nitrogens with zero attached hydrogens (tertiary/aromatic N) is 1. The molecule has 1 heterocycles. The summed E-state index contributed by atoms with van der Waals surface area (Å²) in [6.45, 7) is 0. The van der Waals surface area contributed by atoms with Crippen molar-refractivity contribution >= 4 is 29.6 Å². The molecule has 0 atom stereocenters. The molecule has 1 saturated heterocycles. The van der Waals surface area contributed by atoms with E-state index in [0.29, 0.717) is 15.6 Å². The Kier molecular flexibility index (Phi) is 2.64. The summed E-state index contributed by atoms with van der Waals surface area (Å²) in [6.07, 6.45) is 1.48. The third kappa shape index (κ3) is 1.78. The molecule has 1 fully saturated rings. The standard InChI is InChI=1S/C10H8ClN3O2/c11-7-4-2-1-3-6(7)5-8-9(15)14(12)10(16)13-8/h1-5H,12H2,(H,13,16)/b8-5-. The Morgan fingerprint density at radius 1 is 1.31 bits per heavy atom. The minimum Gasteiger partial charge on any atom is -0.301 e. The highest BCUT2D eigenvalue weighted by Crippen LogP contribution is 2.19. The zero-order valence-corrected chi connectivity index (χ0v) is 8.86. The molecule has 16 heavy (non-hydrogen) atoms. The van der Waals surface area contributed by atoms with Crippen LogP contribution in [-0.2, 0) is 4.79 Å². The molecule has 0 unspecified atom stereocenters. The summed E-state index contributed by atoms with van der Waals surface area (Å²) in [6, 6.07) is 6.32. The molecule has 2 rings (SSSR count). The van der Waals surface area contributed by atoms with Crippen molar-refractivity contribution < 1.29 is 9.59 Å². The van der Waals surface area contributed by atoms with Gasteiger partial charge in [0.25, 0.3) is 5.91 Å². The highest BCUT2D eigenvalue weighted by atomic mass is 35.5. The summed E-state index contributed by atoms with van der Waals surface area (Å²) in [4.78, 5) is 22.5. The lowest BCUT2D eigenvalue weighted by Crippen LogP contribution is -2.37. The van der Waals surface area contributed by atoms with E-state index in [1.165, 1.54) is 6.08 Å². The summed E-state index contributed by atoms with van der Waals surface area (Å²) in [5.41, 5.74) is 0.753. The maximum absolute atomic E-state index is 11.4. The van der Waals surface area contributed by atoms with Crippen molar-refractivity contribution in [1.82, 2.24) is 10.3 Å². The van der Waals surface area contributed by atoms with Gasteiger partial charge in [-0.05, 0) is 17.7 Å². The van der Waals surface area contributed by atoms with Gasteiger partial charge in [0.15, 0.2) is 0 Å². The van der Waals surface area contributed by atoms with Crippen LogP contribution in [0.15, 0.2) is 30.0 Å². The molecule has 6 heteroatoms. The third-order valence-electron chi connectivity index (χ3n) is 2.11. The number of rotatable bonds is 1. The number of carbonyl (C=O) groups is 2. The van der Waals surface area contributed by atoms with Crippen molar-refractivity contribution in [3.8, 4) is 0 Å². The van der Waals surface area contributed by atoms with Gasteiger partial charge in [0, 0.05) is 5.02 Å². The number of hydrogen-bond acceptors (Lipinski definition) is 3. The lowest BCUT2D eigenvalue weighted by atomic mass is 10.2. The molecule has 0 aliphatic carbocycles. The van der Waals surface area contributed by atoms with Crippen molar-refractivity contribution in [3.05, 3.63) is 40.5 Å². The van der Waals surface area contributed by atoms with E-state index in [0.717, 1.165) is 0 Å². The molecule has 1 aliphatic rings. The topological polar surface area (TPSA) is 75.4 Å². The maximum Gasteiger partial charge on any atom is 0.343 e. The minimum absolute atomic E-state index is 0.112. The van der Waals surface area contributed by atoms with Crippen LogP contribution >= 0.6 is 11.6 Å². The lowest BCUT2D eigenvalue weighted by Gasteiger charge is -2.00. The fourth-order valence-corrected chi connectivity index (χ4v) is 1.49. The highest BCUT2D eigenvalue weighted by Gasteiger charge is 2.31. The molecular formula is C10H8ClN3O2. The summed E-state index contributed by atoms with van der Waals surface area (Å²) in [7, 11) is 0. The van der Waals surface area contributed by atoms with Crippen LogP contribution in [0.2, 0.25) is 5.02 Å². The second-order valence-corrected chi connectivity index (χ2v) is 3.59. The number of carbonyl (C=O) groups excluding carboxylic acids is 2. The second kappa shape index (κ2) is 3.96. The smallest absolute Gasteiger partial charge is 0.301 e. The summed E-state index contributed by atoms with van der Waals surface area (Å²) in [5, 5.41) is 3.35. The van der Waals surface area contributed by atoms with Crippen LogP contribution in [0, 0.1) is 0 Å². The average molecular weight is 238 g/mol. The Bertz CT molecular complexity index is 499. The van der Waals surface area contributed by atoms with Crippen molar-refractivity contribution in [3.63, 3.8) is 0 Å². The van der Waals surface area contributed by atoms with E-state index in [-0.39, 0.29) is 5.70 Å². The molecule has 0 saturated carbocycles. The number of hydrazine groups is 1. The number of hydrogen-bond donors (Lipinski definition) is 2. The highest BCUT2D eigenvalue weighted by molar-refractivity contribution is 6.32. The van der Waals surface area contributed by atoms with Crippen LogP contribution in [0.3, 0.4) is 0 Å². The Morgan fingerprint density at radius 3 is 2.56 bits per heavy atom. The monoisotopic (exact) mass is 237 g/mol. The van der Waals surface area contributed by atoms with Crippen molar-refractivity contribution in [1.29, 1.82) is 0 Å². The first-order chi connectivity index (χ1) is 7.59. The number of urea groups is 1. The number of amides is 3. The van der Waals surface area contributed by atoms with E-state index in [1.54, 1.807) is 24.3 Å². The van der Waals surface area contributed by atoms with Gasteiger partial charge in [-0.3, -0.25) is 4.79 Å². The van der Waals surface area contributed by atoms with Crippen molar-refractivity contribution in [2.45, 2.75) is 0 Å². The van der Waals surface area contributed by atoms with Crippen LogP contribution in [0.5, 0.6) is 0 Å². The van der Waals surface area contributed by atoms with Gasteiger partial charge in [-0.15, -0.1) is 0 Å². The number of nitrogens with two attached hydrogens (primary N) is 1. The fraction of sp³-hybridized carbons (Fsp3) is 0. The Labute approximate surface area is 96.4 Å². The van der Waals surface area contributed by atoms with E-state index in [9.17, 15) is 9.59 Å². The van der Waals surface area contributed by atoms with Crippen LogP contribution in [-0.4, -0.2) is 16.9 Å². The van der Waals surface area contributed by atoms with E-state index >= 15 is 0 Å². The number of nitrogens with one attached hydrogen (secondary N) is 1. The molecule has 0 spiro atoms. The SMILES string of the molecule is NN1C(=O)N/C(=C\c2ccccc2Cl)C1=O. The van der Waals surface area contributed by atoms with Crippen LogP contribution < -0.4 is 11.2 Å². The first kappa shape index (κ1) is 10.7. The molecule has 0 bridgehead atoms. The molecule has 0 aromatic heterocycles. The molecule has 0 radical (unpaired) electrons. The fourth-order valence-electron chi connectivity index (χ4n) is 1.30. The van der Waals surface area contributed by atoms with E-state index in [1.807, 2.05) is 0 Å². The Balaban J connectivity index is 2.37.